The lowest BCUT2D eigenvalue weighted by atomic mass is 9.78. The summed E-state index contributed by atoms with van der Waals surface area (Å²) in [7, 11) is 0. The quantitative estimate of drug-likeness (QED) is 0.808. The topological polar surface area (TPSA) is 24.9 Å². The van der Waals surface area contributed by atoms with E-state index >= 15 is 0 Å². The monoisotopic (exact) mass is 234 g/mol. The predicted octanol–water partition coefficient (Wildman–Crippen LogP) is 2.75. The zero-order valence-corrected chi connectivity index (χ0v) is 9.87. The number of hydrogen-bond acceptors (Lipinski definition) is 2. The second-order valence-electron chi connectivity index (χ2n) is 4.65. The second kappa shape index (κ2) is 4.19. The minimum Gasteiger partial charge on any atom is -0.316 e. The van der Waals surface area contributed by atoms with Gasteiger partial charge in [-0.2, -0.15) is 0 Å². The van der Waals surface area contributed by atoms with Gasteiger partial charge in [0.1, 0.15) is 0 Å². The van der Waals surface area contributed by atoms with Gasteiger partial charge in [0, 0.05) is 24.9 Å². The average Bonchev–Trinajstić information content (AvgIpc) is 2.76. The summed E-state index contributed by atoms with van der Waals surface area (Å²) in [5, 5.41) is 4.21. The Labute approximate surface area is 101 Å². The van der Waals surface area contributed by atoms with E-state index in [1.807, 2.05) is 12.3 Å². The van der Waals surface area contributed by atoms with E-state index in [2.05, 4.69) is 16.4 Å². The molecule has 2 nitrogen and oxygen atoms in total. The van der Waals surface area contributed by atoms with Crippen LogP contribution in [-0.2, 0) is 0 Å². The third-order valence-electron chi connectivity index (χ3n) is 3.68. The van der Waals surface area contributed by atoms with Crippen molar-refractivity contribution in [2.24, 2.45) is 11.8 Å². The van der Waals surface area contributed by atoms with E-state index < -0.39 is 0 Å². The number of halogens is 1. The number of fused-ring (bicyclic) bond motifs is 1. The minimum atomic E-state index is 0.661. The molecule has 2 aliphatic rings. The van der Waals surface area contributed by atoms with E-state index in [-0.39, 0.29) is 0 Å². The van der Waals surface area contributed by atoms with Gasteiger partial charge in [0.15, 0.2) is 0 Å². The first-order valence-corrected chi connectivity index (χ1v) is 6.24. The van der Waals surface area contributed by atoms with E-state index in [0.29, 0.717) is 5.92 Å². The molecule has 0 spiro atoms. The number of allylic oxidation sites excluding steroid dienone is 1. The summed E-state index contributed by atoms with van der Waals surface area (Å²) in [5.74, 6) is 1.47. The van der Waals surface area contributed by atoms with Gasteiger partial charge in [0.25, 0.3) is 0 Å². The van der Waals surface area contributed by atoms with Gasteiger partial charge in [0.2, 0.25) is 0 Å². The number of rotatable bonds is 1. The molecule has 1 saturated heterocycles. The molecule has 3 rings (SSSR count). The van der Waals surface area contributed by atoms with Gasteiger partial charge in [0.05, 0.1) is 5.02 Å². The van der Waals surface area contributed by atoms with Crippen LogP contribution in [0.15, 0.2) is 24.5 Å². The largest absolute Gasteiger partial charge is 0.316 e. The van der Waals surface area contributed by atoms with Gasteiger partial charge in [-0.05, 0) is 42.5 Å². The average molecular weight is 235 g/mol. The zero-order chi connectivity index (χ0) is 11.0. The molecule has 1 aliphatic heterocycles. The summed E-state index contributed by atoms with van der Waals surface area (Å²) >= 11 is 6.00. The summed E-state index contributed by atoms with van der Waals surface area (Å²) in [6.45, 7) is 2.26. The fourth-order valence-electron chi connectivity index (χ4n) is 2.91. The summed E-state index contributed by atoms with van der Waals surface area (Å²) in [6.07, 6.45) is 8.48. The molecule has 16 heavy (non-hydrogen) atoms. The van der Waals surface area contributed by atoms with Crippen LogP contribution in [0.3, 0.4) is 0 Å². The standard InChI is InChI=1S/C13H15ClN2/c14-11-4-10(6-15-7-11)12-3-1-2-9-5-16-8-13(9)12/h3-4,6-7,9,13,16H,1-2,5,8H2/t9-,13+/m1/s1. The molecule has 1 fully saturated rings. The molecule has 0 amide bonds. The van der Waals surface area contributed by atoms with E-state index in [1.165, 1.54) is 24.0 Å². The van der Waals surface area contributed by atoms with Crippen LogP contribution in [0.2, 0.25) is 5.02 Å². The minimum absolute atomic E-state index is 0.661. The smallest absolute Gasteiger partial charge is 0.0595 e. The van der Waals surface area contributed by atoms with Crippen molar-refractivity contribution in [1.29, 1.82) is 0 Å². The molecule has 0 unspecified atom stereocenters. The predicted molar refractivity (Wildman–Crippen MR) is 66.3 cm³/mol. The number of nitrogens with zero attached hydrogens (tertiary/aromatic N) is 1. The molecular formula is C13H15ClN2. The van der Waals surface area contributed by atoms with Gasteiger partial charge in [-0.25, -0.2) is 0 Å². The maximum atomic E-state index is 6.00. The van der Waals surface area contributed by atoms with E-state index in [1.54, 1.807) is 6.20 Å². The molecule has 1 aromatic heterocycles. The van der Waals surface area contributed by atoms with Gasteiger partial charge >= 0.3 is 0 Å². The molecule has 1 aliphatic carbocycles. The van der Waals surface area contributed by atoms with Crippen LogP contribution in [-0.4, -0.2) is 18.1 Å². The fraction of sp³-hybridized carbons (Fsp3) is 0.462. The van der Waals surface area contributed by atoms with E-state index in [9.17, 15) is 0 Å². The van der Waals surface area contributed by atoms with Crippen molar-refractivity contribution in [2.45, 2.75) is 12.8 Å². The SMILES string of the molecule is Clc1cncc(C2=CCC[C@@H]3CNC[C@H]23)c1. The van der Waals surface area contributed by atoms with Gasteiger partial charge in [-0.15, -0.1) is 0 Å². The molecule has 0 bridgehead atoms. The molecule has 3 heteroatoms. The lowest BCUT2D eigenvalue weighted by molar-refractivity contribution is 0.454. The lowest BCUT2D eigenvalue weighted by Gasteiger charge is -2.26. The maximum Gasteiger partial charge on any atom is 0.0595 e. The Hall–Kier alpha value is -0.860. The van der Waals surface area contributed by atoms with Crippen LogP contribution in [0.1, 0.15) is 18.4 Å². The van der Waals surface area contributed by atoms with Gasteiger partial charge in [-0.3, -0.25) is 4.98 Å². The van der Waals surface area contributed by atoms with Crippen LogP contribution in [0.5, 0.6) is 0 Å². The fourth-order valence-corrected chi connectivity index (χ4v) is 3.08. The van der Waals surface area contributed by atoms with Crippen molar-refractivity contribution in [2.75, 3.05) is 13.1 Å². The molecule has 2 atom stereocenters. The van der Waals surface area contributed by atoms with Crippen LogP contribution in [0.25, 0.3) is 5.57 Å². The summed E-state index contributed by atoms with van der Waals surface area (Å²) in [4.78, 5) is 4.18. The molecule has 1 aromatic rings. The highest BCUT2D eigenvalue weighted by atomic mass is 35.5. The molecule has 2 heterocycles. The Morgan fingerprint density at radius 3 is 3.12 bits per heavy atom. The van der Waals surface area contributed by atoms with Crippen LogP contribution >= 0.6 is 11.6 Å². The third kappa shape index (κ3) is 1.76. The first-order valence-electron chi connectivity index (χ1n) is 5.86. The van der Waals surface area contributed by atoms with Crippen LogP contribution in [0, 0.1) is 11.8 Å². The van der Waals surface area contributed by atoms with Crippen molar-refractivity contribution in [1.82, 2.24) is 10.3 Å². The number of nitrogens with one attached hydrogen (secondary N) is 1. The molecule has 84 valence electrons. The van der Waals surface area contributed by atoms with Crippen LogP contribution < -0.4 is 5.32 Å². The van der Waals surface area contributed by atoms with E-state index in [4.69, 9.17) is 11.6 Å². The number of aromatic nitrogens is 1. The lowest BCUT2D eigenvalue weighted by Crippen LogP contribution is -2.17. The Bertz CT molecular complexity index is 428. The van der Waals surface area contributed by atoms with Gasteiger partial charge in [-0.1, -0.05) is 17.7 Å². The van der Waals surface area contributed by atoms with Crippen molar-refractivity contribution < 1.29 is 0 Å². The van der Waals surface area contributed by atoms with Gasteiger partial charge < -0.3 is 5.32 Å². The third-order valence-corrected chi connectivity index (χ3v) is 3.89. The first kappa shape index (κ1) is 10.3. The van der Waals surface area contributed by atoms with Crippen molar-refractivity contribution in [3.63, 3.8) is 0 Å². The summed E-state index contributed by atoms with van der Waals surface area (Å²) < 4.78 is 0. The highest BCUT2D eigenvalue weighted by Crippen LogP contribution is 2.38. The van der Waals surface area contributed by atoms with Crippen LogP contribution in [0.4, 0.5) is 0 Å². The molecule has 0 radical (unpaired) electrons. The highest BCUT2D eigenvalue weighted by Gasteiger charge is 2.32. The van der Waals surface area contributed by atoms with Crippen molar-refractivity contribution in [3.05, 3.63) is 35.1 Å². The number of hydrogen-bond donors (Lipinski definition) is 1. The van der Waals surface area contributed by atoms with E-state index in [0.717, 1.165) is 24.0 Å². The normalized spacial score (nSPS) is 28.7. The molecule has 1 N–H and O–H groups in total. The molecule has 0 saturated carbocycles. The summed E-state index contributed by atoms with van der Waals surface area (Å²) in [5.41, 5.74) is 2.64. The van der Waals surface area contributed by atoms with Crippen molar-refractivity contribution >= 4 is 17.2 Å². The Morgan fingerprint density at radius 1 is 1.31 bits per heavy atom. The summed E-state index contributed by atoms with van der Waals surface area (Å²) in [6, 6.07) is 2.03. The Balaban J connectivity index is 1.96. The second-order valence-corrected chi connectivity index (χ2v) is 5.09. The number of pyridine rings is 1. The maximum absolute atomic E-state index is 6.00. The molecular weight excluding hydrogens is 220 g/mol. The first-order chi connectivity index (χ1) is 7.84. The zero-order valence-electron chi connectivity index (χ0n) is 9.12. The highest BCUT2D eigenvalue weighted by molar-refractivity contribution is 6.30. The Morgan fingerprint density at radius 2 is 2.25 bits per heavy atom. The molecule has 0 aromatic carbocycles. The van der Waals surface area contributed by atoms with Crippen molar-refractivity contribution in [3.8, 4) is 0 Å². The Kier molecular flexibility index (Phi) is 2.70.